The van der Waals surface area contributed by atoms with E-state index in [-0.39, 0.29) is 30.6 Å². The van der Waals surface area contributed by atoms with Crippen LogP contribution in [0.3, 0.4) is 0 Å². The lowest BCUT2D eigenvalue weighted by atomic mass is 10.1. The Morgan fingerprint density at radius 2 is 2.07 bits per heavy atom. The van der Waals surface area contributed by atoms with Crippen LogP contribution in [0.1, 0.15) is 31.4 Å². The number of hydrogen-bond acceptors (Lipinski definition) is 5. The number of aromatic nitrogens is 3. The van der Waals surface area contributed by atoms with E-state index >= 15 is 0 Å². The van der Waals surface area contributed by atoms with Crippen LogP contribution in [0.15, 0.2) is 39.2 Å². The Labute approximate surface area is 160 Å². The van der Waals surface area contributed by atoms with Crippen LogP contribution in [0.5, 0.6) is 0 Å². The second-order valence-electron chi connectivity index (χ2n) is 6.67. The first-order valence-electron chi connectivity index (χ1n) is 8.83. The summed E-state index contributed by atoms with van der Waals surface area (Å²) in [5.41, 5.74) is 1.56. The first-order valence-corrected chi connectivity index (χ1v) is 9.67. The van der Waals surface area contributed by atoms with E-state index in [2.05, 4.69) is 9.69 Å². The minimum Gasteiger partial charge on any atom is -0.352 e. The molecule has 1 amide bonds. The van der Waals surface area contributed by atoms with Gasteiger partial charge in [0.25, 0.3) is 5.56 Å². The number of nitrogens with zero attached hydrogens (tertiary/aromatic N) is 3. The summed E-state index contributed by atoms with van der Waals surface area (Å²) in [6.07, 6.45) is 0.795. The van der Waals surface area contributed by atoms with Crippen molar-refractivity contribution in [2.75, 3.05) is 0 Å². The molecule has 27 heavy (non-hydrogen) atoms. The van der Waals surface area contributed by atoms with Crippen molar-refractivity contribution in [3.63, 3.8) is 0 Å². The van der Waals surface area contributed by atoms with Crippen LogP contribution in [-0.4, -0.2) is 25.5 Å². The molecule has 142 valence electrons. The molecule has 2 aromatic heterocycles. The number of amides is 1. The molecule has 0 aliphatic rings. The topological polar surface area (TPSA) is 86.0 Å². The minimum absolute atomic E-state index is 0.0162. The summed E-state index contributed by atoms with van der Waals surface area (Å²) in [5, 5.41) is 4.48. The van der Waals surface area contributed by atoms with Gasteiger partial charge in [-0.05, 0) is 37.4 Å². The second-order valence-corrected chi connectivity index (χ2v) is 7.30. The summed E-state index contributed by atoms with van der Waals surface area (Å²) in [6.45, 7) is 5.82. The number of nitrogens with one attached hydrogen (secondary N) is 1. The second kappa shape index (κ2) is 7.87. The van der Waals surface area contributed by atoms with Crippen molar-refractivity contribution in [1.82, 2.24) is 18.8 Å². The van der Waals surface area contributed by atoms with E-state index in [0.717, 1.165) is 33.6 Å². The lowest BCUT2D eigenvalue weighted by Gasteiger charge is -2.14. The molecule has 3 aromatic rings. The summed E-state index contributed by atoms with van der Waals surface area (Å²) < 4.78 is 6.61. The van der Waals surface area contributed by atoms with E-state index in [1.54, 1.807) is 5.38 Å². The van der Waals surface area contributed by atoms with E-state index in [0.29, 0.717) is 5.52 Å². The van der Waals surface area contributed by atoms with E-state index < -0.39 is 11.2 Å². The minimum atomic E-state index is -0.506. The SMILES string of the molecule is CCC(C)NC(=O)Cn1c(=O)n(Cc2cccc(C)c2)c(=O)c2nscc21. The molecule has 8 heteroatoms. The fourth-order valence-corrected chi connectivity index (χ4v) is 3.55. The lowest BCUT2D eigenvalue weighted by Crippen LogP contribution is -2.43. The zero-order chi connectivity index (χ0) is 19.6. The third kappa shape index (κ3) is 4.00. The number of fused-ring (bicyclic) bond motifs is 1. The molecule has 1 atom stereocenters. The Morgan fingerprint density at radius 3 is 2.78 bits per heavy atom. The Balaban J connectivity index is 2.06. The highest BCUT2D eigenvalue weighted by atomic mass is 32.1. The third-order valence-electron chi connectivity index (χ3n) is 4.50. The molecule has 0 bridgehead atoms. The van der Waals surface area contributed by atoms with Crippen molar-refractivity contribution in [2.24, 2.45) is 0 Å². The summed E-state index contributed by atoms with van der Waals surface area (Å²) in [7, 11) is 0. The van der Waals surface area contributed by atoms with Crippen LogP contribution in [0.4, 0.5) is 0 Å². The predicted octanol–water partition coefficient (Wildman–Crippen LogP) is 1.89. The first-order chi connectivity index (χ1) is 12.9. The molecule has 3 rings (SSSR count). The number of hydrogen-bond donors (Lipinski definition) is 1. The van der Waals surface area contributed by atoms with Gasteiger partial charge >= 0.3 is 5.69 Å². The molecule has 0 saturated carbocycles. The van der Waals surface area contributed by atoms with E-state index in [4.69, 9.17) is 0 Å². The Morgan fingerprint density at radius 1 is 1.30 bits per heavy atom. The van der Waals surface area contributed by atoms with Gasteiger partial charge in [-0.2, -0.15) is 4.37 Å². The van der Waals surface area contributed by atoms with Gasteiger partial charge in [0, 0.05) is 11.4 Å². The Bertz CT molecular complexity index is 1100. The van der Waals surface area contributed by atoms with E-state index in [1.807, 2.05) is 45.0 Å². The molecular formula is C19H22N4O3S. The van der Waals surface area contributed by atoms with Gasteiger partial charge in [-0.1, -0.05) is 36.8 Å². The summed E-state index contributed by atoms with van der Waals surface area (Å²) in [5.74, 6) is -0.264. The van der Waals surface area contributed by atoms with Gasteiger partial charge in [-0.15, -0.1) is 0 Å². The molecule has 1 N–H and O–H groups in total. The highest BCUT2D eigenvalue weighted by Crippen LogP contribution is 2.11. The molecule has 2 heterocycles. The van der Waals surface area contributed by atoms with Crippen LogP contribution < -0.4 is 16.6 Å². The average molecular weight is 386 g/mol. The summed E-state index contributed by atoms with van der Waals surface area (Å²) >= 11 is 1.10. The van der Waals surface area contributed by atoms with Crippen LogP contribution in [0, 0.1) is 6.92 Å². The molecular weight excluding hydrogens is 364 g/mol. The third-order valence-corrected chi connectivity index (χ3v) is 5.11. The van der Waals surface area contributed by atoms with Gasteiger partial charge in [0.1, 0.15) is 6.54 Å². The number of carbonyl (C=O) groups excluding carboxylic acids is 1. The van der Waals surface area contributed by atoms with Crippen LogP contribution >= 0.6 is 11.5 Å². The standard InChI is InChI=1S/C19H22N4O3S/c1-4-13(3)20-16(24)10-22-15-11-27-21-17(15)18(25)23(19(22)26)9-14-7-5-6-12(2)8-14/h5-8,11,13H,4,9-10H2,1-3H3,(H,20,24). The summed E-state index contributed by atoms with van der Waals surface area (Å²) in [6, 6.07) is 7.64. The van der Waals surface area contributed by atoms with Crippen molar-refractivity contribution in [3.8, 4) is 0 Å². The first kappa shape index (κ1) is 19.0. The summed E-state index contributed by atoms with van der Waals surface area (Å²) in [4.78, 5) is 38.1. The van der Waals surface area contributed by atoms with Crippen molar-refractivity contribution in [1.29, 1.82) is 0 Å². The molecule has 0 fully saturated rings. The quantitative estimate of drug-likeness (QED) is 0.701. The lowest BCUT2D eigenvalue weighted by molar-refractivity contribution is -0.122. The normalized spacial score (nSPS) is 12.3. The van der Waals surface area contributed by atoms with Gasteiger partial charge in [-0.3, -0.25) is 18.7 Å². The largest absolute Gasteiger partial charge is 0.352 e. The van der Waals surface area contributed by atoms with Crippen molar-refractivity contribution >= 4 is 28.5 Å². The molecule has 0 radical (unpaired) electrons. The fraction of sp³-hybridized carbons (Fsp3) is 0.368. The van der Waals surface area contributed by atoms with Gasteiger partial charge in [0.15, 0.2) is 5.52 Å². The molecule has 0 saturated heterocycles. The monoisotopic (exact) mass is 386 g/mol. The number of rotatable bonds is 6. The predicted molar refractivity (Wildman–Crippen MR) is 106 cm³/mol. The smallest absolute Gasteiger partial charge is 0.332 e. The van der Waals surface area contributed by atoms with Crippen molar-refractivity contribution < 1.29 is 4.79 Å². The number of aryl methyl sites for hydroxylation is 1. The van der Waals surface area contributed by atoms with Crippen LogP contribution in [0.25, 0.3) is 11.0 Å². The molecule has 0 spiro atoms. The van der Waals surface area contributed by atoms with E-state index in [9.17, 15) is 14.4 Å². The number of carbonyl (C=O) groups is 1. The van der Waals surface area contributed by atoms with Gasteiger partial charge in [0.2, 0.25) is 5.91 Å². The highest BCUT2D eigenvalue weighted by molar-refractivity contribution is 7.04. The number of benzene rings is 1. The Kier molecular flexibility index (Phi) is 5.55. The van der Waals surface area contributed by atoms with Gasteiger partial charge < -0.3 is 5.32 Å². The van der Waals surface area contributed by atoms with E-state index in [1.165, 1.54) is 4.57 Å². The van der Waals surface area contributed by atoms with Crippen LogP contribution in [-0.2, 0) is 17.9 Å². The zero-order valence-corrected chi connectivity index (χ0v) is 16.4. The molecule has 7 nitrogen and oxygen atoms in total. The zero-order valence-electron chi connectivity index (χ0n) is 15.6. The fourth-order valence-electron chi connectivity index (χ4n) is 2.89. The molecule has 0 aliphatic carbocycles. The van der Waals surface area contributed by atoms with Crippen molar-refractivity contribution in [3.05, 3.63) is 61.6 Å². The average Bonchev–Trinajstić information content (AvgIpc) is 3.12. The molecule has 0 aliphatic heterocycles. The van der Waals surface area contributed by atoms with Gasteiger partial charge in [-0.25, -0.2) is 4.79 Å². The molecule has 1 aromatic carbocycles. The maximum absolute atomic E-state index is 13.0. The Hall–Kier alpha value is -2.74. The maximum Gasteiger partial charge on any atom is 0.332 e. The van der Waals surface area contributed by atoms with Gasteiger partial charge in [0.05, 0.1) is 12.1 Å². The van der Waals surface area contributed by atoms with Crippen LogP contribution in [0.2, 0.25) is 0 Å². The van der Waals surface area contributed by atoms with Crippen molar-refractivity contribution in [2.45, 2.75) is 46.3 Å². The molecule has 1 unspecified atom stereocenters. The highest BCUT2D eigenvalue weighted by Gasteiger charge is 2.18. The maximum atomic E-state index is 13.0.